The first-order valence-corrected chi connectivity index (χ1v) is 6.98. The predicted octanol–water partition coefficient (Wildman–Crippen LogP) is 0.518. The van der Waals surface area contributed by atoms with Crippen molar-refractivity contribution in [3.63, 3.8) is 0 Å². The van der Waals surface area contributed by atoms with Crippen LogP contribution in [0.5, 0.6) is 0 Å². The third-order valence-corrected chi connectivity index (χ3v) is 3.78. The lowest BCUT2D eigenvalue weighted by molar-refractivity contribution is -0.110. The Hall–Kier alpha value is -2.09. The van der Waals surface area contributed by atoms with Crippen LogP contribution in [0, 0.1) is 5.92 Å². The number of hydrogen-bond donors (Lipinski definition) is 3. The lowest BCUT2D eigenvalue weighted by Gasteiger charge is -2.25. The zero-order valence-corrected chi connectivity index (χ0v) is 12.4. The second kappa shape index (κ2) is 6.13. The molecule has 1 fully saturated rings. The molecule has 1 aliphatic heterocycles. The molecule has 116 valence electrons. The number of carbonyl (C=O) groups excluding carboxylic acids is 1. The Balaban J connectivity index is 2.39. The fraction of sp³-hybridized carbons (Fsp3) is 0.615. The van der Waals surface area contributed by atoms with Gasteiger partial charge in [0.15, 0.2) is 5.82 Å². The molecular weight excluding hydrogens is 274 g/mol. The van der Waals surface area contributed by atoms with E-state index < -0.39 is 11.8 Å². The number of nitrogens with zero attached hydrogens (tertiary/aromatic N) is 2. The van der Waals surface area contributed by atoms with Gasteiger partial charge in [-0.15, -0.1) is 0 Å². The highest BCUT2D eigenvalue weighted by molar-refractivity contribution is 5.81. The van der Waals surface area contributed by atoms with Gasteiger partial charge in [-0.3, -0.25) is 19.5 Å². The Labute approximate surface area is 122 Å². The molecule has 2 heterocycles. The zero-order chi connectivity index (χ0) is 15.6. The summed E-state index contributed by atoms with van der Waals surface area (Å²) in [6.07, 6.45) is 1.83. The van der Waals surface area contributed by atoms with Crippen LogP contribution in [0.4, 0.5) is 17.5 Å². The Morgan fingerprint density at radius 2 is 2.33 bits per heavy atom. The Kier molecular flexibility index (Phi) is 4.46. The van der Waals surface area contributed by atoms with E-state index in [1.807, 2.05) is 6.92 Å². The van der Waals surface area contributed by atoms with E-state index >= 15 is 0 Å². The van der Waals surface area contributed by atoms with Crippen molar-refractivity contribution in [2.75, 3.05) is 23.0 Å². The molecule has 1 aliphatic rings. The molecule has 0 aliphatic carbocycles. The number of nitrogens with two attached hydrogens (primary N) is 1. The normalized spacial score (nSPS) is 24.8. The molecule has 1 saturated heterocycles. The van der Waals surface area contributed by atoms with Gasteiger partial charge in [-0.25, -0.2) is 0 Å². The maximum absolute atomic E-state index is 11.9. The van der Waals surface area contributed by atoms with Gasteiger partial charge in [0, 0.05) is 7.05 Å². The molecule has 1 amide bonds. The van der Waals surface area contributed by atoms with Crippen molar-refractivity contribution >= 4 is 23.9 Å². The Morgan fingerprint density at radius 3 is 2.86 bits per heavy atom. The summed E-state index contributed by atoms with van der Waals surface area (Å²) in [5.74, 6) is 0.474. The number of H-pyrrole nitrogens is 1. The van der Waals surface area contributed by atoms with Gasteiger partial charge in [0.1, 0.15) is 11.9 Å². The minimum atomic E-state index is -0.441. The van der Waals surface area contributed by atoms with Crippen LogP contribution in [0.25, 0.3) is 0 Å². The molecule has 3 atom stereocenters. The Morgan fingerprint density at radius 1 is 1.62 bits per heavy atom. The third kappa shape index (κ3) is 2.85. The zero-order valence-electron chi connectivity index (χ0n) is 12.4. The van der Waals surface area contributed by atoms with Crippen LogP contribution in [0.2, 0.25) is 0 Å². The summed E-state index contributed by atoms with van der Waals surface area (Å²) < 4.78 is 5.88. The fourth-order valence-electron chi connectivity index (χ4n) is 2.68. The number of ether oxygens (including phenoxy) is 1. The summed E-state index contributed by atoms with van der Waals surface area (Å²) in [4.78, 5) is 31.2. The average molecular weight is 295 g/mol. The molecule has 1 aromatic heterocycles. The van der Waals surface area contributed by atoms with Gasteiger partial charge in [-0.2, -0.15) is 4.98 Å². The topological polar surface area (TPSA) is 113 Å². The summed E-state index contributed by atoms with van der Waals surface area (Å²) in [6, 6.07) is 0. The van der Waals surface area contributed by atoms with Crippen molar-refractivity contribution in [3.05, 3.63) is 10.4 Å². The van der Waals surface area contributed by atoms with Crippen LogP contribution in [0.15, 0.2) is 4.79 Å². The first-order chi connectivity index (χ1) is 10.0. The minimum absolute atomic E-state index is 0.0427. The number of nitrogens with one attached hydrogen (secondary N) is 2. The smallest absolute Gasteiger partial charge is 0.277 e. The first kappa shape index (κ1) is 15.3. The number of aromatic nitrogens is 2. The standard InChI is InChI=1S/C13H21N5O3/c1-4-8-7(2)5-9(21-8)18(6-19)11-10(15-3)12(20)17-13(14)16-11/h6-9,15H,4-5H2,1-3H3,(H3,14,16,17,20)/t7-,8?,9?/m1/s1. The number of anilines is 3. The highest BCUT2D eigenvalue weighted by atomic mass is 16.5. The second-order valence-corrected chi connectivity index (χ2v) is 5.16. The molecule has 0 spiro atoms. The van der Waals surface area contributed by atoms with Crippen LogP contribution >= 0.6 is 0 Å². The van der Waals surface area contributed by atoms with Crippen LogP contribution in [0.3, 0.4) is 0 Å². The van der Waals surface area contributed by atoms with Crippen molar-refractivity contribution in [1.82, 2.24) is 9.97 Å². The van der Waals surface area contributed by atoms with E-state index in [0.717, 1.165) is 6.42 Å². The van der Waals surface area contributed by atoms with Crippen LogP contribution < -0.4 is 21.5 Å². The summed E-state index contributed by atoms with van der Waals surface area (Å²) in [5.41, 5.74) is 5.34. The summed E-state index contributed by atoms with van der Waals surface area (Å²) in [5, 5.41) is 2.75. The molecule has 8 nitrogen and oxygen atoms in total. The first-order valence-electron chi connectivity index (χ1n) is 6.98. The lowest BCUT2D eigenvalue weighted by Crippen LogP contribution is -2.37. The number of nitrogen functional groups attached to an aromatic ring is 1. The molecule has 0 bridgehead atoms. The molecule has 0 radical (unpaired) electrons. The molecule has 21 heavy (non-hydrogen) atoms. The van der Waals surface area contributed by atoms with E-state index in [-0.39, 0.29) is 23.6 Å². The molecular formula is C13H21N5O3. The SMILES string of the molecule is CCC1OC(N(C=O)c2nc(N)[nH]c(=O)c2NC)C[C@H]1C. The predicted molar refractivity (Wildman–Crippen MR) is 80.1 cm³/mol. The molecule has 0 saturated carbocycles. The van der Waals surface area contributed by atoms with Crippen LogP contribution in [-0.4, -0.2) is 35.8 Å². The van der Waals surface area contributed by atoms with Crippen molar-refractivity contribution in [1.29, 1.82) is 0 Å². The van der Waals surface area contributed by atoms with Crippen molar-refractivity contribution in [3.8, 4) is 0 Å². The number of carbonyl (C=O) groups is 1. The van der Waals surface area contributed by atoms with Gasteiger partial charge in [0.2, 0.25) is 12.4 Å². The van der Waals surface area contributed by atoms with Crippen molar-refractivity contribution in [2.45, 2.75) is 39.0 Å². The van der Waals surface area contributed by atoms with Gasteiger partial charge >= 0.3 is 0 Å². The third-order valence-electron chi connectivity index (χ3n) is 3.78. The lowest BCUT2D eigenvalue weighted by atomic mass is 10.0. The van der Waals surface area contributed by atoms with Gasteiger partial charge in [0.05, 0.1) is 6.10 Å². The number of aromatic amines is 1. The molecule has 1 aromatic rings. The van der Waals surface area contributed by atoms with E-state index in [4.69, 9.17) is 10.5 Å². The largest absolute Gasteiger partial charge is 0.381 e. The van der Waals surface area contributed by atoms with Crippen molar-refractivity contribution < 1.29 is 9.53 Å². The van der Waals surface area contributed by atoms with Gasteiger partial charge in [-0.05, 0) is 18.8 Å². The molecule has 0 aromatic carbocycles. The van der Waals surface area contributed by atoms with Gasteiger partial charge in [0.25, 0.3) is 5.56 Å². The van der Waals surface area contributed by atoms with E-state index in [1.54, 1.807) is 7.05 Å². The van der Waals surface area contributed by atoms with Gasteiger partial charge < -0.3 is 15.8 Å². The summed E-state index contributed by atoms with van der Waals surface area (Å²) >= 11 is 0. The maximum Gasteiger partial charge on any atom is 0.277 e. The highest BCUT2D eigenvalue weighted by Crippen LogP contribution is 2.32. The summed E-state index contributed by atoms with van der Waals surface area (Å²) in [7, 11) is 1.59. The quantitative estimate of drug-likeness (QED) is 0.682. The maximum atomic E-state index is 11.9. The van der Waals surface area contributed by atoms with E-state index in [9.17, 15) is 9.59 Å². The molecule has 8 heteroatoms. The fourth-order valence-corrected chi connectivity index (χ4v) is 2.68. The molecule has 2 rings (SSSR count). The molecule has 2 unspecified atom stereocenters. The number of amides is 1. The second-order valence-electron chi connectivity index (χ2n) is 5.16. The van der Waals surface area contributed by atoms with E-state index in [2.05, 4.69) is 22.2 Å². The van der Waals surface area contributed by atoms with Crippen LogP contribution in [-0.2, 0) is 9.53 Å². The average Bonchev–Trinajstić information content (AvgIpc) is 2.80. The summed E-state index contributed by atoms with van der Waals surface area (Å²) in [6.45, 7) is 4.12. The minimum Gasteiger partial charge on any atom is -0.381 e. The Bertz CT molecular complexity index is 573. The van der Waals surface area contributed by atoms with Crippen molar-refractivity contribution in [2.24, 2.45) is 5.92 Å². The van der Waals surface area contributed by atoms with E-state index in [1.165, 1.54) is 4.90 Å². The molecule has 4 N–H and O–H groups in total. The number of hydrogen-bond acceptors (Lipinski definition) is 6. The monoisotopic (exact) mass is 295 g/mol. The van der Waals surface area contributed by atoms with E-state index in [0.29, 0.717) is 18.7 Å². The highest BCUT2D eigenvalue weighted by Gasteiger charge is 2.36. The van der Waals surface area contributed by atoms with Crippen LogP contribution in [0.1, 0.15) is 26.7 Å². The van der Waals surface area contributed by atoms with Gasteiger partial charge in [-0.1, -0.05) is 13.8 Å². The number of rotatable bonds is 5.